The summed E-state index contributed by atoms with van der Waals surface area (Å²) in [4.78, 5) is 16.6. The second-order valence-electron chi connectivity index (χ2n) is 5.35. The highest BCUT2D eigenvalue weighted by Gasteiger charge is 2.09. The summed E-state index contributed by atoms with van der Waals surface area (Å²) < 4.78 is 16.1. The Bertz CT molecular complexity index is 842. The summed E-state index contributed by atoms with van der Waals surface area (Å²) in [7, 11) is 3.12. The second kappa shape index (κ2) is 8.35. The quantitative estimate of drug-likeness (QED) is 0.681. The highest BCUT2D eigenvalue weighted by atomic mass is 32.1. The van der Waals surface area contributed by atoms with Crippen LogP contribution in [0.25, 0.3) is 0 Å². The summed E-state index contributed by atoms with van der Waals surface area (Å²) in [6.45, 7) is 0.401. The van der Waals surface area contributed by atoms with Gasteiger partial charge in [-0.05, 0) is 24.3 Å². The normalized spacial score (nSPS) is 10.2. The van der Waals surface area contributed by atoms with E-state index in [1.807, 2.05) is 5.38 Å². The Morgan fingerprint density at radius 3 is 2.31 bits per heavy atom. The average molecular weight is 370 g/mol. The van der Waals surface area contributed by atoms with Gasteiger partial charge in [-0.25, -0.2) is 4.98 Å². The van der Waals surface area contributed by atoms with E-state index in [1.54, 1.807) is 62.2 Å². The smallest absolute Gasteiger partial charge is 0.255 e. The Morgan fingerprint density at radius 2 is 1.73 bits per heavy atom. The van der Waals surface area contributed by atoms with Gasteiger partial charge in [0.1, 0.15) is 23.9 Å². The van der Waals surface area contributed by atoms with Crippen LogP contribution in [0.15, 0.2) is 53.4 Å². The van der Waals surface area contributed by atoms with Crippen molar-refractivity contribution >= 4 is 22.9 Å². The van der Waals surface area contributed by atoms with E-state index in [0.29, 0.717) is 35.1 Å². The fourth-order valence-corrected chi connectivity index (χ4v) is 2.79. The Morgan fingerprint density at radius 1 is 1.04 bits per heavy atom. The van der Waals surface area contributed by atoms with Crippen LogP contribution < -0.4 is 19.5 Å². The number of rotatable bonds is 7. The van der Waals surface area contributed by atoms with Gasteiger partial charge in [-0.15, -0.1) is 11.3 Å². The molecule has 0 fully saturated rings. The van der Waals surface area contributed by atoms with Crippen LogP contribution in [-0.4, -0.2) is 25.1 Å². The van der Waals surface area contributed by atoms with Gasteiger partial charge >= 0.3 is 0 Å². The van der Waals surface area contributed by atoms with E-state index in [9.17, 15) is 4.79 Å². The van der Waals surface area contributed by atoms with Crippen molar-refractivity contribution in [2.45, 2.75) is 6.61 Å². The van der Waals surface area contributed by atoms with Crippen molar-refractivity contribution in [1.82, 2.24) is 4.98 Å². The molecule has 1 amide bonds. The first kappa shape index (κ1) is 17.8. The number of nitrogens with zero attached hydrogens (tertiary/aromatic N) is 1. The second-order valence-corrected chi connectivity index (χ2v) is 6.07. The van der Waals surface area contributed by atoms with Crippen LogP contribution in [0.5, 0.6) is 17.2 Å². The molecule has 0 aliphatic heterocycles. The number of amides is 1. The van der Waals surface area contributed by atoms with Gasteiger partial charge in [0.05, 0.1) is 25.4 Å². The molecule has 1 heterocycles. The van der Waals surface area contributed by atoms with Gasteiger partial charge in [0.2, 0.25) is 0 Å². The molecule has 26 heavy (non-hydrogen) atoms. The molecule has 0 atom stereocenters. The van der Waals surface area contributed by atoms with Gasteiger partial charge in [-0.1, -0.05) is 0 Å². The Balaban J connectivity index is 1.64. The van der Waals surface area contributed by atoms with E-state index in [2.05, 4.69) is 10.3 Å². The van der Waals surface area contributed by atoms with E-state index in [1.165, 1.54) is 11.3 Å². The minimum Gasteiger partial charge on any atom is -0.497 e. The average Bonchev–Trinajstić information content (AvgIpc) is 3.20. The highest BCUT2D eigenvalue weighted by Crippen LogP contribution is 2.26. The molecule has 0 spiro atoms. The molecule has 2 aromatic carbocycles. The maximum Gasteiger partial charge on any atom is 0.255 e. The number of benzene rings is 2. The fraction of sp³-hybridized carbons (Fsp3) is 0.158. The van der Waals surface area contributed by atoms with Crippen molar-refractivity contribution < 1.29 is 19.0 Å². The zero-order valence-electron chi connectivity index (χ0n) is 14.4. The largest absolute Gasteiger partial charge is 0.497 e. The summed E-state index contributed by atoms with van der Waals surface area (Å²) in [5, 5.41) is 4.77. The molecule has 3 aromatic rings. The van der Waals surface area contributed by atoms with Gasteiger partial charge in [0.25, 0.3) is 5.91 Å². The minimum absolute atomic E-state index is 0.230. The van der Waals surface area contributed by atoms with E-state index < -0.39 is 0 Å². The summed E-state index contributed by atoms with van der Waals surface area (Å²) in [5.41, 5.74) is 3.76. The fourth-order valence-electron chi connectivity index (χ4n) is 2.25. The number of thiazole rings is 1. The molecule has 0 aliphatic rings. The van der Waals surface area contributed by atoms with Gasteiger partial charge in [-0.2, -0.15) is 0 Å². The molecule has 7 heteroatoms. The Labute approximate surface area is 155 Å². The summed E-state index contributed by atoms with van der Waals surface area (Å²) in [6, 6.07) is 12.1. The third-order valence-corrected chi connectivity index (χ3v) is 4.23. The molecule has 3 rings (SSSR count). The van der Waals surface area contributed by atoms with Crippen molar-refractivity contribution in [3.05, 3.63) is 64.6 Å². The number of carbonyl (C=O) groups excluding carboxylic acids is 1. The molecule has 1 N–H and O–H groups in total. The Kier molecular flexibility index (Phi) is 5.70. The standard InChI is InChI=1S/C19H18N2O4S/c1-23-17-7-14(8-18(9-17)24-2)21-19(22)13-3-5-16(6-4-13)25-10-15-11-26-12-20-15/h3-9,11-12H,10H2,1-2H3,(H,21,22). The van der Waals surface area contributed by atoms with Crippen LogP contribution >= 0.6 is 11.3 Å². The number of anilines is 1. The number of hydrogen-bond donors (Lipinski definition) is 1. The lowest BCUT2D eigenvalue weighted by Crippen LogP contribution is -2.12. The van der Waals surface area contributed by atoms with Crippen LogP contribution in [0.3, 0.4) is 0 Å². The van der Waals surface area contributed by atoms with Crippen LogP contribution in [-0.2, 0) is 6.61 Å². The monoisotopic (exact) mass is 370 g/mol. The number of carbonyl (C=O) groups is 1. The van der Waals surface area contributed by atoms with Gasteiger partial charge in [-0.3, -0.25) is 4.79 Å². The molecule has 0 bridgehead atoms. The molecule has 0 aliphatic carbocycles. The number of hydrogen-bond acceptors (Lipinski definition) is 6. The van der Waals surface area contributed by atoms with Crippen molar-refractivity contribution in [2.24, 2.45) is 0 Å². The topological polar surface area (TPSA) is 69.7 Å². The summed E-state index contributed by atoms with van der Waals surface area (Å²) in [5.74, 6) is 1.65. The molecular weight excluding hydrogens is 352 g/mol. The third kappa shape index (κ3) is 4.52. The van der Waals surface area contributed by atoms with Crippen LogP contribution in [0.1, 0.15) is 16.1 Å². The lowest BCUT2D eigenvalue weighted by atomic mass is 10.2. The lowest BCUT2D eigenvalue weighted by Gasteiger charge is -2.10. The van der Waals surface area contributed by atoms with E-state index in [-0.39, 0.29) is 5.91 Å². The molecule has 0 saturated heterocycles. The number of methoxy groups -OCH3 is 2. The van der Waals surface area contributed by atoms with Crippen LogP contribution in [0.2, 0.25) is 0 Å². The van der Waals surface area contributed by atoms with E-state index in [4.69, 9.17) is 14.2 Å². The zero-order valence-corrected chi connectivity index (χ0v) is 15.2. The predicted molar refractivity (Wildman–Crippen MR) is 100 cm³/mol. The van der Waals surface area contributed by atoms with Gasteiger partial charge in [0.15, 0.2) is 0 Å². The van der Waals surface area contributed by atoms with E-state index >= 15 is 0 Å². The van der Waals surface area contributed by atoms with E-state index in [0.717, 1.165) is 5.69 Å². The summed E-state index contributed by atoms with van der Waals surface area (Å²) in [6.07, 6.45) is 0. The van der Waals surface area contributed by atoms with Crippen molar-refractivity contribution in [3.8, 4) is 17.2 Å². The number of ether oxygens (including phenoxy) is 3. The molecule has 1 aromatic heterocycles. The van der Waals surface area contributed by atoms with Crippen molar-refractivity contribution in [1.29, 1.82) is 0 Å². The molecule has 0 saturated carbocycles. The molecular formula is C19H18N2O4S. The molecule has 0 unspecified atom stereocenters. The zero-order chi connectivity index (χ0) is 18.4. The maximum absolute atomic E-state index is 12.4. The maximum atomic E-state index is 12.4. The highest BCUT2D eigenvalue weighted by molar-refractivity contribution is 7.07. The minimum atomic E-state index is -0.230. The van der Waals surface area contributed by atoms with Crippen LogP contribution in [0, 0.1) is 0 Å². The van der Waals surface area contributed by atoms with Crippen molar-refractivity contribution in [3.63, 3.8) is 0 Å². The first-order valence-corrected chi connectivity index (χ1v) is 8.76. The molecule has 6 nitrogen and oxygen atoms in total. The lowest BCUT2D eigenvalue weighted by molar-refractivity contribution is 0.102. The third-order valence-electron chi connectivity index (χ3n) is 3.60. The molecule has 134 valence electrons. The van der Waals surface area contributed by atoms with Crippen molar-refractivity contribution in [2.75, 3.05) is 19.5 Å². The predicted octanol–water partition coefficient (Wildman–Crippen LogP) is 3.99. The first-order valence-electron chi connectivity index (χ1n) is 7.82. The van der Waals surface area contributed by atoms with Gasteiger partial charge < -0.3 is 19.5 Å². The number of aromatic nitrogens is 1. The molecule has 0 radical (unpaired) electrons. The first-order chi connectivity index (χ1) is 12.7. The number of nitrogens with one attached hydrogen (secondary N) is 1. The SMILES string of the molecule is COc1cc(NC(=O)c2ccc(OCc3cscn3)cc2)cc(OC)c1. The van der Waals surface area contributed by atoms with Gasteiger partial charge in [0, 0.05) is 34.8 Å². The van der Waals surface area contributed by atoms with Crippen LogP contribution in [0.4, 0.5) is 5.69 Å². The summed E-state index contributed by atoms with van der Waals surface area (Å²) >= 11 is 1.53. The Hall–Kier alpha value is -3.06.